The average molecular weight is 252 g/mol. The molecule has 0 radical (unpaired) electrons. The summed E-state index contributed by atoms with van der Waals surface area (Å²) in [6.45, 7) is 2.21. The van der Waals surface area contributed by atoms with Crippen LogP contribution in [0.25, 0.3) is 5.57 Å². The summed E-state index contributed by atoms with van der Waals surface area (Å²) in [4.78, 5) is 0. The summed E-state index contributed by atoms with van der Waals surface area (Å²) in [6, 6.07) is 8.57. The van der Waals surface area contributed by atoms with E-state index in [0.717, 1.165) is 30.4 Å². The van der Waals surface area contributed by atoms with Crippen molar-refractivity contribution < 1.29 is 0 Å². The standard InChI is InChI=1S/C12H14BrN/c13-12-5-3-11(4-6-12)10-2-1-8-14-9-7-10/h2-6,14H,1,7-9H2. The largest absolute Gasteiger partial charge is 0.316 e. The number of nitrogens with one attached hydrogen (secondary N) is 1. The highest BCUT2D eigenvalue weighted by molar-refractivity contribution is 9.10. The normalized spacial score (nSPS) is 17.4. The molecule has 74 valence electrons. The van der Waals surface area contributed by atoms with Crippen LogP contribution in [0.15, 0.2) is 34.8 Å². The van der Waals surface area contributed by atoms with E-state index < -0.39 is 0 Å². The van der Waals surface area contributed by atoms with Gasteiger partial charge in [-0.1, -0.05) is 34.1 Å². The summed E-state index contributed by atoms with van der Waals surface area (Å²) >= 11 is 3.45. The van der Waals surface area contributed by atoms with E-state index in [0.29, 0.717) is 0 Å². The van der Waals surface area contributed by atoms with E-state index in [9.17, 15) is 0 Å². The van der Waals surface area contributed by atoms with Crippen LogP contribution in [0.5, 0.6) is 0 Å². The monoisotopic (exact) mass is 251 g/mol. The van der Waals surface area contributed by atoms with Crippen LogP contribution in [-0.4, -0.2) is 13.1 Å². The van der Waals surface area contributed by atoms with Crippen LogP contribution >= 0.6 is 15.9 Å². The molecule has 1 heterocycles. The SMILES string of the molecule is Brc1ccc(C2=CCCNCC2)cc1. The second-order valence-corrected chi connectivity index (χ2v) is 4.44. The van der Waals surface area contributed by atoms with E-state index in [4.69, 9.17) is 0 Å². The molecule has 0 bridgehead atoms. The van der Waals surface area contributed by atoms with Crippen LogP contribution in [0.4, 0.5) is 0 Å². The van der Waals surface area contributed by atoms with Crippen molar-refractivity contribution >= 4 is 21.5 Å². The van der Waals surface area contributed by atoms with Crippen LogP contribution in [0.2, 0.25) is 0 Å². The molecule has 0 atom stereocenters. The molecular weight excluding hydrogens is 238 g/mol. The smallest absolute Gasteiger partial charge is 0.0175 e. The van der Waals surface area contributed by atoms with Gasteiger partial charge in [-0.3, -0.25) is 0 Å². The van der Waals surface area contributed by atoms with Crippen LogP contribution < -0.4 is 5.32 Å². The predicted molar refractivity (Wildman–Crippen MR) is 64.2 cm³/mol. The Labute approximate surface area is 93.3 Å². The molecule has 1 aromatic rings. The topological polar surface area (TPSA) is 12.0 Å². The number of hydrogen-bond acceptors (Lipinski definition) is 1. The van der Waals surface area contributed by atoms with Gasteiger partial charge in [-0.15, -0.1) is 0 Å². The quantitative estimate of drug-likeness (QED) is 0.809. The predicted octanol–water partition coefficient (Wildman–Crippen LogP) is 3.22. The molecule has 2 rings (SSSR count). The summed E-state index contributed by atoms with van der Waals surface area (Å²) in [5, 5.41) is 3.40. The molecule has 1 nitrogen and oxygen atoms in total. The van der Waals surface area contributed by atoms with Crippen LogP contribution in [-0.2, 0) is 0 Å². The van der Waals surface area contributed by atoms with Crippen LogP contribution in [0.3, 0.4) is 0 Å². The molecule has 0 unspecified atom stereocenters. The van der Waals surface area contributed by atoms with Gasteiger partial charge in [0.05, 0.1) is 0 Å². The Bertz CT molecular complexity index is 327. The van der Waals surface area contributed by atoms with Gasteiger partial charge >= 0.3 is 0 Å². The lowest BCUT2D eigenvalue weighted by Gasteiger charge is -2.05. The minimum atomic E-state index is 1.10. The minimum absolute atomic E-state index is 1.10. The summed E-state index contributed by atoms with van der Waals surface area (Å²) in [5.74, 6) is 0. The molecule has 0 fully saturated rings. The molecule has 1 aliphatic rings. The molecule has 0 spiro atoms. The molecule has 0 saturated carbocycles. The Balaban J connectivity index is 2.20. The maximum absolute atomic E-state index is 3.45. The third-order valence-corrected chi connectivity index (χ3v) is 3.03. The van der Waals surface area contributed by atoms with Crippen molar-refractivity contribution in [2.75, 3.05) is 13.1 Å². The first-order chi connectivity index (χ1) is 6.86. The highest BCUT2D eigenvalue weighted by Gasteiger charge is 2.03. The fourth-order valence-electron chi connectivity index (χ4n) is 1.72. The zero-order chi connectivity index (χ0) is 9.80. The Morgan fingerprint density at radius 1 is 1.07 bits per heavy atom. The third kappa shape index (κ3) is 2.46. The highest BCUT2D eigenvalue weighted by atomic mass is 79.9. The molecule has 14 heavy (non-hydrogen) atoms. The first-order valence-corrected chi connectivity index (χ1v) is 5.81. The molecule has 2 heteroatoms. The molecule has 0 aliphatic carbocycles. The first-order valence-electron chi connectivity index (χ1n) is 5.02. The Kier molecular flexibility index (Phi) is 3.38. The minimum Gasteiger partial charge on any atom is -0.316 e. The summed E-state index contributed by atoms with van der Waals surface area (Å²) in [5.41, 5.74) is 2.83. The summed E-state index contributed by atoms with van der Waals surface area (Å²) in [6.07, 6.45) is 4.64. The van der Waals surface area contributed by atoms with Gasteiger partial charge in [-0.2, -0.15) is 0 Å². The molecule has 1 aliphatic heterocycles. The van der Waals surface area contributed by atoms with E-state index in [1.807, 2.05) is 0 Å². The van der Waals surface area contributed by atoms with E-state index in [1.165, 1.54) is 11.1 Å². The lowest BCUT2D eigenvalue weighted by Crippen LogP contribution is -2.13. The molecule has 1 aromatic carbocycles. The average Bonchev–Trinajstić information content (AvgIpc) is 2.47. The summed E-state index contributed by atoms with van der Waals surface area (Å²) in [7, 11) is 0. The van der Waals surface area contributed by atoms with E-state index >= 15 is 0 Å². The highest BCUT2D eigenvalue weighted by Crippen LogP contribution is 2.21. The van der Waals surface area contributed by atoms with Crippen molar-refractivity contribution in [1.82, 2.24) is 5.32 Å². The maximum atomic E-state index is 3.45. The second kappa shape index (κ2) is 4.76. The van der Waals surface area contributed by atoms with E-state index in [1.54, 1.807) is 0 Å². The van der Waals surface area contributed by atoms with Gasteiger partial charge < -0.3 is 5.32 Å². The fraction of sp³-hybridized carbons (Fsp3) is 0.333. The number of halogens is 1. The van der Waals surface area contributed by atoms with Crippen molar-refractivity contribution in [2.45, 2.75) is 12.8 Å². The van der Waals surface area contributed by atoms with Crippen molar-refractivity contribution in [1.29, 1.82) is 0 Å². The third-order valence-electron chi connectivity index (χ3n) is 2.50. The maximum Gasteiger partial charge on any atom is 0.0175 e. The summed E-state index contributed by atoms with van der Waals surface area (Å²) < 4.78 is 1.15. The zero-order valence-electron chi connectivity index (χ0n) is 8.09. The number of benzene rings is 1. The Morgan fingerprint density at radius 3 is 2.64 bits per heavy atom. The van der Waals surface area contributed by atoms with Gasteiger partial charge in [-0.25, -0.2) is 0 Å². The van der Waals surface area contributed by atoms with Crippen LogP contribution in [0, 0.1) is 0 Å². The first kappa shape index (κ1) is 9.94. The van der Waals surface area contributed by atoms with E-state index in [-0.39, 0.29) is 0 Å². The molecule has 1 N–H and O–H groups in total. The van der Waals surface area contributed by atoms with Gasteiger partial charge in [0.1, 0.15) is 0 Å². The lowest BCUT2D eigenvalue weighted by atomic mass is 10.0. The van der Waals surface area contributed by atoms with Gasteiger partial charge in [0, 0.05) is 4.47 Å². The van der Waals surface area contributed by atoms with Gasteiger partial charge in [0.15, 0.2) is 0 Å². The molecule has 0 saturated heterocycles. The number of hydrogen-bond donors (Lipinski definition) is 1. The fourth-order valence-corrected chi connectivity index (χ4v) is 1.99. The molecule has 0 aromatic heterocycles. The van der Waals surface area contributed by atoms with Crippen molar-refractivity contribution in [2.24, 2.45) is 0 Å². The lowest BCUT2D eigenvalue weighted by molar-refractivity contribution is 0.718. The van der Waals surface area contributed by atoms with Crippen molar-refractivity contribution in [3.8, 4) is 0 Å². The van der Waals surface area contributed by atoms with Crippen molar-refractivity contribution in [3.63, 3.8) is 0 Å². The van der Waals surface area contributed by atoms with Gasteiger partial charge in [-0.05, 0) is 49.2 Å². The van der Waals surface area contributed by atoms with Crippen molar-refractivity contribution in [3.05, 3.63) is 40.4 Å². The molecule has 0 amide bonds. The number of rotatable bonds is 1. The van der Waals surface area contributed by atoms with Crippen LogP contribution in [0.1, 0.15) is 18.4 Å². The molecular formula is C12H14BrN. The van der Waals surface area contributed by atoms with Gasteiger partial charge in [0.25, 0.3) is 0 Å². The van der Waals surface area contributed by atoms with Gasteiger partial charge in [0.2, 0.25) is 0 Å². The zero-order valence-corrected chi connectivity index (χ0v) is 9.68. The van der Waals surface area contributed by atoms with E-state index in [2.05, 4.69) is 51.6 Å². The Morgan fingerprint density at radius 2 is 1.86 bits per heavy atom. The Hall–Kier alpha value is -0.600. The second-order valence-electron chi connectivity index (χ2n) is 3.52.